The lowest BCUT2D eigenvalue weighted by Gasteiger charge is -2.17. The average Bonchev–Trinajstić information content (AvgIpc) is 2.69. The van der Waals surface area contributed by atoms with Gasteiger partial charge in [0.05, 0.1) is 11.7 Å². The van der Waals surface area contributed by atoms with Crippen LogP contribution in [-0.2, 0) is 0 Å². The molecule has 2 heterocycles. The molecule has 0 fully saturated rings. The molecule has 2 aromatic heterocycles. The van der Waals surface area contributed by atoms with Crippen LogP contribution in [0.2, 0.25) is 0 Å². The van der Waals surface area contributed by atoms with E-state index in [1.54, 1.807) is 11.3 Å². The Balaban J connectivity index is 2.46. The van der Waals surface area contributed by atoms with E-state index < -0.39 is 0 Å². The molecular formula is C12H12Br2N2S. The topological polar surface area (TPSA) is 24.9 Å². The smallest absolute Gasteiger partial charge is 0.0771 e. The summed E-state index contributed by atoms with van der Waals surface area (Å²) in [5.74, 6) is 0. The van der Waals surface area contributed by atoms with Crippen LogP contribution in [0.25, 0.3) is 0 Å². The van der Waals surface area contributed by atoms with E-state index >= 15 is 0 Å². The van der Waals surface area contributed by atoms with Crippen molar-refractivity contribution in [3.8, 4) is 0 Å². The zero-order valence-electron chi connectivity index (χ0n) is 9.50. The molecule has 1 N–H and O–H groups in total. The van der Waals surface area contributed by atoms with Crippen LogP contribution in [0.4, 0.5) is 0 Å². The molecule has 0 aliphatic heterocycles. The third-order valence-corrected chi connectivity index (χ3v) is 4.54. The Morgan fingerprint density at radius 2 is 2.18 bits per heavy atom. The van der Waals surface area contributed by atoms with Gasteiger partial charge >= 0.3 is 0 Å². The second-order valence-corrected chi connectivity index (χ2v) is 6.56. The van der Waals surface area contributed by atoms with E-state index in [1.807, 2.05) is 19.3 Å². The summed E-state index contributed by atoms with van der Waals surface area (Å²) in [4.78, 5) is 5.81. The van der Waals surface area contributed by atoms with Crippen LogP contribution in [-0.4, -0.2) is 12.0 Å². The van der Waals surface area contributed by atoms with Crippen LogP contribution in [0, 0.1) is 6.92 Å². The minimum atomic E-state index is 0.128. The van der Waals surface area contributed by atoms with Gasteiger partial charge in [-0.25, -0.2) is 0 Å². The Bertz CT molecular complexity index is 525. The Hall–Kier alpha value is -0.230. The van der Waals surface area contributed by atoms with Crippen molar-refractivity contribution in [3.63, 3.8) is 0 Å². The molecule has 1 unspecified atom stereocenters. The molecule has 0 spiro atoms. The zero-order chi connectivity index (χ0) is 12.4. The van der Waals surface area contributed by atoms with E-state index in [0.29, 0.717) is 0 Å². The van der Waals surface area contributed by atoms with E-state index in [2.05, 4.69) is 60.5 Å². The number of aryl methyl sites for hydroxylation is 1. The number of rotatable bonds is 3. The molecule has 2 rings (SSSR count). The van der Waals surface area contributed by atoms with E-state index in [0.717, 1.165) is 14.6 Å². The summed E-state index contributed by atoms with van der Waals surface area (Å²) < 4.78 is 1.99. The van der Waals surface area contributed by atoms with Crippen LogP contribution >= 0.6 is 43.2 Å². The minimum absolute atomic E-state index is 0.128. The Morgan fingerprint density at radius 1 is 1.41 bits per heavy atom. The lowest BCUT2D eigenvalue weighted by Crippen LogP contribution is -2.19. The normalized spacial score (nSPS) is 12.7. The van der Waals surface area contributed by atoms with Crippen molar-refractivity contribution >= 4 is 43.2 Å². The van der Waals surface area contributed by atoms with Gasteiger partial charge in [-0.3, -0.25) is 4.98 Å². The predicted molar refractivity (Wildman–Crippen MR) is 79.6 cm³/mol. The van der Waals surface area contributed by atoms with Crippen molar-refractivity contribution in [2.75, 3.05) is 7.05 Å². The first kappa shape index (κ1) is 13.2. The number of nitrogens with one attached hydrogen (secondary N) is 1. The average molecular weight is 376 g/mol. The fourth-order valence-electron chi connectivity index (χ4n) is 1.77. The molecule has 2 aromatic rings. The molecule has 0 aliphatic rings. The third kappa shape index (κ3) is 2.78. The molecule has 0 saturated carbocycles. The Labute approximate surface area is 122 Å². The molecule has 0 bridgehead atoms. The highest BCUT2D eigenvalue weighted by molar-refractivity contribution is 9.11. The standard InChI is InChI=1S/C12H12Br2N2S/c1-7-9(3-4-17-7)11(15-2)12-10(14)5-8(13)6-16-12/h3-6,11,15H,1-2H3. The van der Waals surface area contributed by atoms with Crippen LogP contribution in [0.1, 0.15) is 22.2 Å². The molecule has 0 aromatic carbocycles. The number of pyridine rings is 1. The van der Waals surface area contributed by atoms with E-state index in [1.165, 1.54) is 10.4 Å². The summed E-state index contributed by atoms with van der Waals surface area (Å²) in [6, 6.07) is 4.30. The lowest BCUT2D eigenvalue weighted by atomic mass is 10.0. The molecule has 0 aliphatic carbocycles. The number of hydrogen-bond acceptors (Lipinski definition) is 3. The summed E-state index contributed by atoms with van der Waals surface area (Å²) in [5.41, 5.74) is 2.30. The van der Waals surface area contributed by atoms with Gasteiger partial charge in [-0.2, -0.15) is 0 Å². The predicted octanol–water partition coefficient (Wildman–Crippen LogP) is 4.29. The van der Waals surface area contributed by atoms with Gasteiger partial charge in [0.15, 0.2) is 0 Å². The summed E-state index contributed by atoms with van der Waals surface area (Å²) in [6.45, 7) is 2.14. The monoisotopic (exact) mass is 374 g/mol. The maximum atomic E-state index is 4.49. The molecule has 5 heteroatoms. The largest absolute Gasteiger partial charge is 0.308 e. The molecule has 17 heavy (non-hydrogen) atoms. The highest BCUT2D eigenvalue weighted by atomic mass is 79.9. The van der Waals surface area contributed by atoms with Gasteiger partial charge in [0.25, 0.3) is 0 Å². The highest BCUT2D eigenvalue weighted by Crippen LogP contribution is 2.31. The summed E-state index contributed by atoms with van der Waals surface area (Å²) in [5, 5.41) is 5.43. The molecule has 1 atom stereocenters. The van der Waals surface area contributed by atoms with Crippen molar-refractivity contribution in [1.29, 1.82) is 0 Å². The summed E-state index contributed by atoms with van der Waals surface area (Å²) >= 11 is 8.75. The Morgan fingerprint density at radius 3 is 2.71 bits per heavy atom. The minimum Gasteiger partial charge on any atom is -0.308 e. The van der Waals surface area contributed by atoms with Gasteiger partial charge in [-0.05, 0) is 68.9 Å². The maximum Gasteiger partial charge on any atom is 0.0771 e. The molecule has 0 amide bonds. The maximum absolute atomic E-state index is 4.49. The van der Waals surface area contributed by atoms with Crippen LogP contribution in [0.15, 0.2) is 32.7 Å². The summed E-state index contributed by atoms with van der Waals surface area (Å²) in [6.07, 6.45) is 1.83. The first-order valence-electron chi connectivity index (χ1n) is 5.15. The van der Waals surface area contributed by atoms with Crippen molar-refractivity contribution in [3.05, 3.63) is 48.8 Å². The zero-order valence-corrected chi connectivity index (χ0v) is 13.5. The highest BCUT2D eigenvalue weighted by Gasteiger charge is 2.19. The quantitative estimate of drug-likeness (QED) is 0.865. The molecular weight excluding hydrogens is 364 g/mol. The SMILES string of the molecule is CNC(c1ccsc1C)c1ncc(Br)cc1Br. The van der Waals surface area contributed by atoms with Gasteiger partial charge < -0.3 is 5.32 Å². The summed E-state index contributed by atoms with van der Waals surface area (Å²) in [7, 11) is 1.96. The fourth-order valence-corrected chi connectivity index (χ4v) is 3.73. The van der Waals surface area contributed by atoms with Gasteiger partial charge in [0, 0.05) is 20.0 Å². The second-order valence-electron chi connectivity index (χ2n) is 3.67. The van der Waals surface area contributed by atoms with Gasteiger partial charge in [0.2, 0.25) is 0 Å². The number of halogens is 2. The number of thiophene rings is 1. The molecule has 0 radical (unpaired) electrons. The van der Waals surface area contributed by atoms with Crippen LogP contribution in [0.3, 0.4) is 0 Å². The number of aromatic nitrogens is 1. The van der Waals surface area contributed by atoms with E-state index in [-0.39, 0.29) is 6.04 Å². The first-order chi connectivity index (χ1) is 8.13. The van der Waals surface area contributed by atoms with Crippen molar-refractivity contribution < 1.29 is 0 Å². The third-order valence-electron chi connectivity index (χ3n) is 2.61. The van der Waals surface area contributed by atoms with Crippen molar-refractivity contribution in [2.24, 2.45) is 0 Å². The molecule has 2 nitrogen and oxygen atoms in total. The van der Waals surface area contributed by atoms with E-state index in [9.17, 15) is 0 Å². The van der Waals surface area contributed by atoms with Crippen molar-refractivity contribution in [2.45, 2.75) is 13.0 Å². The van der Waals surface area contributed by atoms with Gasteiger partial charge in [-0.1, -0.05) is 0 Å². The molecule has 90 valence electrons. The van der Waals surface area contributed by atoms with Crippen molar-refractivity contribution in [1.82, 2.24) is 10.3 Å². The molecule has 0 saturated heterocycles. The lowest BCUT2D eigenvalue weighted by molar-refractivity contribution is 0.666. The van der Waals surface area contributed by atoms with Crippen LogP contribution in [0.5, 0.6) is 0 Å². The number of nitrogens with zero attached hydrogens (tertiary/aromatic N) is 1. The number of hydrogen-bond donors (Lipinski definition) is 1. The fraction of sp³-hybridized carbons (Fsp3) is 0.250. The Kier molecular flexibility index (Phi) is 4.36. The van der Waals surface area contributed by atoms with Gasteiger partial charge in [-0.15, -0.1) is 11.3 Å². The van der Waals surface area contributed by atoms with Crippen LogP contribution < -0.4 is 5.32 Å². The van der Waals surface area contributed by atoms with E-state index in [4.69, 9.17) is 0 Å². The van der Waals surface area contributed by atoms with Gasteiger partial charge in [0.1, 0.15) is 0 Å². The first-order valence-corrected chi connectivity index (χ1v) is 7.62. The second kappa shape index (κ2) is 5.61.